The summed E-state index contributed by atoms with van der Waals surface area (Å²) in [4.78, 5) is 4.65. The number of benzene rings is 11. The van der Waals surface area contributed by atoms with E-state index in [4.69, 9.17) is 0 Å². The van der Waals surface area contributed by atoms with Gasteiger partial charge < -0.3 is 9.80 Å². The Morgan fingerprint density at radius 1 is 0.206 bits per heavy atom. The first-order valence-electron chi connectivity index (χ1n) is 23.2. The average molecular weight is 869 g/mol. The minimum absolute atomic E-state index is 1.10. The summed E-state index contributed by atoms with van der Waals surface area (Å²) in [5.74, 6) is 0. The number of hydrogen-bond donors (Lipinski definition) is 0. The highest BCUT2D eigenvalue weighted by Gasteiger charge is 2.16. The standard InChI is InChI=1S/C66H48N2/c1-5-19-51(20-6-1)53-23-17-29-59(47-53)67(55-25-9-3-10-26-55)57-41-35-49(36-42-57)39-45-65-61-31-13-15-33-63(61)66(64-34-16-14-32-62(64)65)46-40-50-37-43-58(44-38-50)68(56-27-11-4-12-28-56)60-30-18-24-54(48-60)52-21-7-2-8-22-52/h1-48H/b45-39+,46-40+. The minimum Gasteiger partial charge on any atom is -0.310 e. The van der Waals surface area contributed by atoms with Gasteiger partial charge in [-0.05, 0) is 139 Å². The van der Waals surface area contributed by atoms with Crippen LogP contribution in [-0.2, 0) is 0 Å². The fourth-order valence-corrected chi connectivity index (χ4v) is 9.34. The lowest BCUT2D eigenvalue weighted by atomic mass is 9.91. The van der Waals surface area contributed by atoms with Crippen LogP contribution in [0, 0.1) is 0 Å². The Bertz CT molecular complexity index is 3230. The molecular weight excluding hydrogens is 821 g/mol. The number of anilines is 6. The monoisotopic (exact) mass is 868 g/mol. The normalized spacial score (nSPS) is 11.4. The van der Waals surface area contributed by atoms with E-state index in [1.54, 1.807) is 0 Å². The lowest BCUT2D eigenvalue weighted by Gasteiger charge is -2.26. The van der Waals surface area contributed by atoms with Crippen molar-refractivity contribution >= 4 is 80.0 Å². The molecule has 0 N–H and O–H groups in total. The van der Waals surface area contributed by atoms with Crippen LogP contribution in [0.5, 0.6) is 0 Å². The van der Waals surface area contributed by atoms with Crippen LogP contribution >= 0.6 is 0 Å². The summed E-state index contributed by atoms with van der Waals surface area (Å²) >= 11 is 0. The van der Waals surface area contributed by atoms with E-state index in [1.807, 2.05) is 0 Å². The largest absolute Gasteiger partial charge is 0.310 e. The molecule has 0 saturated heterocycles. The summed E-state index contributed by atoms with van der Waals surface area (Å²) in [5.41, 5.74) is 16.1. The zero-order valence-electron chi connectivity index (χ0n) is 37.6. The van der Waals surface area contributed by atoms with Crippen LogP contribution in [0.2, 0.25) is 0 Å². The van der Waals surface area contributed by atoms with Crippen LogP contribution in [0.25, 0.3) is 68.1 Å². The Hall–Kier alpha value is -8.98. The van der Waals surface area contributed by atoms with Gasteiger partial charge in [0.2, 0.25) is 0 Å². The van der Waals surface area contributed by atoms with Gasteiger partial charge in [-0.15, -0.1) is 0 Å². The van der Waals surface area contributed by atoms with Crippen molar-refractivity contribution in [2.45, 2.75) is 0 Å². The molecule has 0 bridgehead atoms. The number of rotatable bonds is 12. The molecule has 68 heavy (non-hydrogen) atoms. The lowest BCUT2D eigenvalue weighted by molar-refractivity contribution is 1.28. The Morgan fingerprint density at radius 3 is 0.838 bits per heavy atom. The average Bonchev–Trinajstić information content (AvgIpc) is 3.42. The van der Waals surface area contributed by atoms with Crippen molar-refractivity contribution in [3.05, 3.63) is 289 Å². The van der Waals surface area contributed by atoms with E-state index in [0.29, 0.717) is 0 Å². The van der Waals surface area contributed by atoms with Gasteiger partial charge in [-0.2, -0.15) is 0 Å². The molecule has 0 aromatic heterocycles. The quantitative estimate of drug-likeness (QED) is 0.0892. The first-order chi connectivity index (χ1) is 33.7. The molecule has 0 aliphatic rings. The van der Waals surface area contributed by atoms with Crippen molar-refractivity contribution in [3.8, 4) is 22.3 Å². The Morgan fingerprint density at radius 2 is 0.485 bits per heavy atom. The first-order valence-corrected chi connectivity index (χ1v) is 23.2. The van der Waals surface area contributed by atoms with Gasteiger partial charge in [0.25, 0.3) is 0 Å². The predicted octanol–water partition coefficient (Wildman–Crippen LogP) is 18.6. The molecule has 2 heteroatoms. The van der Waals surface area contributed by atoms with Crippen LogP contribution in [0.1, 0.15) is 22.3 Å². The molecule has 0 heterocycles. The van der Waals surface area contributed by atoms with Gasteiger partial charge in [0.1, 0.15) is 0 Å². The molecule has 0 spiro atoms. The summed E-state index contributed by atoms with van der Waals surface area (Å²) < 4.78 is 0. The third-order valence-corrected chi connectivity index (χ3v) is 12.7. The van der Waals surface area contributed by atoms with E-state index in [-0.39, 0.29) is 0 Å². The maximum atomic E-state index is 2.33. The Kier molecular flexibility index (Phi) is 11.8. The Balaban J connectivity index is 0.896. The van der Waals surface area contributed by atoms with Crippen LogP contribution in [0.3, 0.4) is 0 Å². The number of nitrogens with zero attached hydrogens (tertiary/aromatic N) is 2. The van der Waals surface area contributed by atoms with Crippen LogP contribution < -0.4 is 9.80 Å². The predicted molar refractivity (Wildman–Crippen MR) is 292 cm³/mol. The second-order valence-electron chi connectivity index (χ2n) is 16.9. The van der Waals surface area contributed by atoms with Gasteiger partial charge in [-0.25, -0.2) is 0 Å². The molecule has 322 valence electrons. The van der Waals surface area contributed by atoms with Crippen molar-refractivity contribution in [1.82, 2.24) is 0 Å². The maximum Gasteiger partial charge on any atom is 0.0467 e. The van der Waals surface area contributed by atoms with Crippen molar-refractivity contribution < 1.29 is 0 Å². The zero-order chi connectivity index (χ0) is 45.5. The van der Waals surface area contributed by atoms with Gasteiger partial charge in [0, 0.05) is 34.1 Å². The number of para-hydroxylation sites is 2. The van der Waals surface area contributed by atoms with Crippen molar-refractivity contribution in [2.24, 2.45) is 0 Å². The highest BCUT2D eigenvalue weighted by Crippen LogP contribution is 2.40. The molecule has 11 aromatic rings. The zero-order valence-corrected chi connectivity index (χ0v) is 37.6. The van der Waals surface area contributed by atoms with Gasteiger partial charge >= 0.3 is 0 Å². The molecule has 0 aliphatic carbocycles. The van der Waals surface area contributed by atoms with Crippen molar-refractivity contribution in [3.63, 3.8) is 0 Å². The van der Waals surface area contributed by atoms with E-state index in [2.05, 4.69) is 301 Å². The van der Waals surface area contributed by atoms with E-state index in [1.165, 1.54) is 54.9 Å². The molecule has 0 radical (unpaired) electrons. The third-order valence-electron chi connectivity index (χ3n) is 12.7. The van der Waals surface area contributed by atoms with E-state index < -0.39 is 0 Å². The van der Waals surface area contributed by atoms with Crippen LogP contribution in [0.15, 0.2) is 267 Å². The molecule has 0 amide bonds. The second kappa shape index (κ2) is 19.2. The van der Waals surface area contributed by atoms with Gasteiger partial charge in [0.15, 0.2) is 0 Å². The third kappa shape index (κ3) is 8.75. The summed E-state index contributed by atoms with van der Waals surface area (Å²) in [5, 5.41) is 4.88. The van der Waals surface area contributed by atoms with E-state index >= 15 is 0 Å². The topological polar surface area (TPSA) is 6.48 Å². The molecule has 2 nitrogen and oxygen atoms in total. The van der Waals surface area contributed by atoms with Gasteiger partial charge in [-0.1, -0.05) is 218 Å². The van der Waals surface area contributed by atoms with Crippen LogP contribution in [-0.4, -0.2) is 0 Å². The first kappa shape index (κ1) is 41.7. The minimum atomic E-state index is 1.10. The number of fused-ring (bicyclic) bond motifs is 2. The molecule has 0 fully saturated rings. The fourth-order valence-electron chi connectivity index (χ4n) is 9.34. The molecule has 0 aliphatic heterocycles. The second-order valence-corrected chi connectivity index (χ2v) is 16.9. The lowest BCUT2D eigenvalue weighted by Crippen LogP contribution is -2.09. The summed E-state index contributed by atoms with van der Waals surface area (Å²) in [6.07, 6.45) is 9.07. The summed E-state index contributed by atoms with van der Waals surface area (Å²) in [6, 6.07) is 95.3. The highest BCUT2D eigenvalue weighted by molar-refractivity contribution is 6.14. The SMILES string of the molecule is C(=C\c1c2ccccc2c(/C=C/c2ccc(N(c3ccccc3)c3cccc(-c4ccccc4)c3)cc2)c2ccccc12)/c1ccc(N(c2ccccc2)c2cccc(-c3ccccc3)c2)cc1. The molecule has 11 rings (SSSR count). The molecule has 0 atom stereocenters. The highest BCUT2D eigenvalue weighted by atomic mass is 15.1. The Labute approximate surface area is 399 Å². The van der Waals surface area contributed by atoms with Crippen molar-refractivity contribution in [1.29, 1.82) is 0 Å². The van der Waals surface area contributed by atoms with Gasteiger partial charge in [0.05, 0.1) is 0 Å². The van der Waals surface area contributed by atoms with Crippen LogP contribution in [0.4, 0.5) is 34.1 Å². The summed E-state index contributed by atoms with van der Waals surface area (Å²) in [6.45, 7) is 0. The molecule has 0 saturated carbocycles. The maximum absolute atomic E-state index is 2.33. The van der Waals surface area contributed by atoms with E-state index in [0.717, 1.165) is 45.3 Å². The summed E-state index contributed by atoms with van der Waals surface area (Å²) in [7, 11) is 0. The molecular formula is C66H48N2. The molecule has 0 unspecified atom stereocenters. The van der Waals surface area contributed by atoms with Gasteiger partial charge in [-0.3, -0.25) is 0 Å². The molecule has 11 aromatic carbocycles. The van der Waals surface area contributed by atoms with Crippen molar-refractivity contribution in [2.75, 3.05) is 9.80 Å². The fraction of sp³-hybridized carbons (Fsp3) is 0. The smallest absolute Gasteiger partial charge is 0.0467 e. The van der Waals surface area contributed by atoms with E-state index in [9.17, 15) is 0 Å². The number of hydrogen-bond acceptors (Lipinski definition) is 2.